The van der Waals surface area contributed by atoms with E-state index in [0.29, 0.717) is 17.3 Å². The SMILES string of the molecule is COc1ccc(-c2noc(CN(C3CCCCC3)S(=O)(=O)c3ccc(NC(C)=O)cc3)n2)cc1. The molecule has 0 atom stereocenters. The number of carbonyl (C=O) groups is 1. The van der Waals surface area contributed by atoms with Crippen molar-refractivity contribution < 1.29 is 22.5 Å². The number of nitrogens with one attached hydrogen (secondary N) is 1. The Kier molecular flexibility index (Phi) is 7.28. The van der Waals surface area contributed by atoms with Crippen molar-refractivity contribution in [2.24, 2.45) is 0 Å². The van der Waals surface area contributed by atoms with Crippen LogP contribution >= 0.6 is 0 Å². The van der Waals surface area contributed by atoms with E-state index >= 15 is 0 Å². The molecule has 0 aliphatic heterocycles. The largest absolute Gasteiger partial charge is 0.497 e. The highest BCUT2D eigenvalue weighted by Gasteiger charge is 2.34. The Balaban J connectivity index is 1.60. The number of ether oxygens (including phenoxy) is 1. The zero-order chi connectivity index (χ0) is 24.1. The molecular weight excluding hydrogens is 456 g/mol. The molecule has 3 aromatic rings. The summed E-state index contributed by atoms with van der Waals surface area (Å²) in [7, 11) is -2.24. The maximum Gasteiger partial charge on any atom is 0.243 e. The number of aromatic nitrogens is 2. The Bertz CT molecular complexity index is 1220. The third-order valence-electron chi connectivity index (χ3n) is 5.87. The predicted molar refractivity (Wildman–Crippen MR) is 127 cm³/mol. The van der Waals surface area contributed by atoms with Crippen molar-refractivity contribution in [1.29, 1.82) is 0 Å². The van der Waals surface area contributed by atoms with Crippen LogP contribution in [0.15, 0.2) is 57.9 Å². The first kappa shape index (κ1) is 23.9. The molecule has 4 rings (SSSR count). The van der Waals surface area contributed by atoms with Gasteiger partial charge in [-0.15, -0.1) is 0 Å². The van der Waals surface area contributed by atoms with Gasteiger partial charge < -0.3 is 14.6 Å². The predicted octanol–water partition coefficient (Wildman–Crippen LogP) is 4.23. The van der Waals surface area contributed by atoms with Gasteiger partial charge in [0.1, 0.15) is 5.75 Å². The number of amides is 1. The zero-order valence-corrected chi connectivity index (χ0v) is 20.0. The summed E-state index contributed by atoms with van der Waals surface area (Å²) in [4.78, 5) is 15.9. The second-order valence-corrected chi connectivity index (χ2v) is 10.2. The molecule has 1 heterocycles. The van der Waals surface area contributed by atoms with Gasteiger partial charge in [-0.3, -0.25) is 4.79 Å². The van der Waals surface area contributed by atoms with Crippen LogP contribution in [0, 0.1) is 0 Å². The van der Waals surface area contributed by atoms with Crippen molar-refractivity contribution in [3.05, 3.63) is 54.4 Å². The van der Waals surface area contributed by atoms with E-state index in [4.69, 9.17) is 9.26 Å². The lowest BCUT2D eigenvalue weighted by atomic mass is 9.95. The summed E-state index contributed by atoms with van der Waals surface area (Å²) in [6.45, 7) is 1.39. The van der Waals surface area contributed by atoms with Crippen LogP contribution in [0.5, 0.6) is 5.75 Å². The van der Waals surface area contributed by atoms with Gasteiger partial charge in [0, 0.05) is 24.2 Å². The summed E-state index contributed by atoms with van der Waals surface area (Å²) in [6, 6.07) is 13.3. The van der Waals surface area contributed by atoms with Crippen molar-refractivity contribution in [3.63, 3.8) is 0 Å². The minimum atomic E-state index is -3.83. The summed E-state index contributed by atoms with van der Waals surface area (Å²) in [6.07, 6.45) is 4.60. The molecule has 34 heavy (non-hydrogen) atoms. The van der Waals surface area contributed by atoms with Crippen molar-refractivity contribution in [2.75, 3.05) is 12.4 Å². The topological polar surface area (TPSA) is 115 Å². The van der Waals surface area contributed by atoms with Crippen LogP contribution in [0.4, 0.5) is 5.69 Å². The number of nitrogens with zero attached hydrogens (tertiary/aromatic N) is 3. The fourth-order valence-corrected chi connectivity index (χ4v) is 5.77. The molecule has 2 aromatic carbocycles. The number of carbonyl (C=O) groups excluding carboxylic acids is 1. The summed E-state index contributed by atoms with van der Waals surface area (Å²) in [5.74, 6) is 1.11. The first-order chi connectivity index (χ1) is 16.4. The zero-order valence-electron chi connectivity index (χ0n) is 19.2. The van der Waals surface area contributed by atoms with Crippen LogP contribution in [0.3, 0.4) is 0 Å². The Morgan fingerprint density at radius 3 is 2.38 bits per heavy atom. The molecule has 1 N–H and O–H groups in total. The first-order valence-corrected chi connectivity index (χ1v) is 12.7. The third-order valence-corrected chi connectivity index (χ3v) is 7.78. The average molecular weight is 485 g/mol. The molecule has 1 fully saturated rings. The molecule has 1 saturated carbocycles. The molecule has 1 aliphatic carbocycles. The van der Waals surface area contributed by atoms with Gasteiger partial charge in [0.2, 0.25) is 27.6 Å². The second kappa shape index (κ2) is 10.4. The molecule has 0 unspecified atom stereocenters. The van der Waals surface area contributed by atoms with E-state index in [2.05, 4.69) is 15.5 Å². The van der Waals surface area contributed by atoms with Gasteiger partial charge >= 0.3 is 0 Å². The Hall–Kier alpha value is -3.24. The highest BCUT2D eigenvalue weighted by molar-refractivity contribution is 7.89. The third kappa shape index (κ3) is 5.45. The van der Waals surface area contributed by atoms with Gasteiger partial charge in [-0.2, -0.15) is 9.29 Å². The molecule has 10 heteroatoms. The van der Waals surface area contributed by atoms with Crippen LogP contribution in [0.25, 0.3) is 11.4 Å². The second-order valence-electron chi connectivity index (χ2n) is 8.29. The average Bonchev–Trinajstić information content (AvgIpc) is 3.32. The summed E-state index contributed by atoms with van der Waals surface area (Å²) in [5, 5.41) is 6.70. The quantitative estimate of drug-likeness (QED) is 0.509. The smallest absolute Gasteiger partial charge is 0.243 e. The minimum Gasteiger partial charge on any atom is -0.497 e. The lowest BCUT2D eigenvalue weighted by molar-refractivity contribution is -0.114. The molecule has 1 aliphatic rings. The van der Waals surface area contributed by atoms with Crippen LogP contribution in [0.2, 0.25) is 0 Å². The Morgan fingerprint density at radius 2 is 1.76 bits per heavy atom. The monoisotopic (exact) mass is 484 g/mol. The van der Waals surface area contributed by atoms with Gasteiger partial charge in [-0.25, -0.2) is 8.42 Å². The van der Waals surface area contributed by atoms with Gasteiger partial charge in [0.15, 0.2) is 0 Å². The van der Waals surface area contributed by atoms with Crippen LogP contribution in [-0.2, 0) is 21.4 Å². The molecule has 1 amide bonds. The minimum absolute atomic E-state index is 0.0103. The van der Waals surface area contributed by atoms with E-state index in [-0.39, 0.29) is 29.3 Å². The lowest BCUT2D eigenvalue weighted by Crippen LogP contribution is -2.41. The van der Waals surface area contributed by atoms with Crippen LogP contribution < -0.4 is 10.1 Å². The molecular formula is C24H28N4O5S. The molecule has 180 valence electrons. The lowest BCUT2D eigenvalue weighted by Gasteiger charge is -2.32. The fraction of sp³-hybridized carbons (Fsp3) is 0.375. The van der Waals surface area contributed by atoms with Crippen LogP contribution in [0.1, 0.15) is 44.9 Å². The van der Waals surface area contributed by atoms with Crippen molar-refractivity contribution >= 4 is 21.6 Å². The molecule has 0 saturated heterocycles. The van der Waals surface area contributed by atoms with E-state index in [1.165, 1.54) is 23.4 Å². The van der Waals surface area contributed by atoms with Crippen molar-refractivity contribution in [1.82, 2.24) is 14.4 Å². The molecule has 1 aromatic heterocycles. The van der Waals surface area contributed by atoms with Gasteiger partial charge in [-0.1, -0.05) is 24.4 Å². The van der Waals surface area contributed by atoms with Gasteiger partial charge in [0.25, 0.3) is 0 Å². The summed E-state index contributed by atoms with van der Waals surface area (Å²) in [5.41, 5.74) is 1.29. The number of rotatable bonds is 8. The van der Waals surface area contributed by atoms with E-state index in [0.717, 1.165) is 37.7 Å². The molecule has 0 bridgehead atoms. The number of benzene rings is 2. The summed E-state index contributed by atoms with van der Waals surface area (Å²) < 4.78 is 39.4. The van der Waals surface area contributed by atoms with Crippen LogP contribution in [-0.4, -0.2) is 41.9 Å². The number of anilines is 1. The number of hydrogen-bond acceptors (Lipinski definition) is 7. The van der Waals surface area contributed by atoms with Crippen molar-refractivity contribution in [2.45, 2.75) is 56.5 Å². The normalized spacial score (nSPS) is 14.8. The molecule has 0 radical (unpaired) electrons. The molecule has 9 nitrogen and oxygen atoms in total. The maximum absolute atomic E-state index is 13.7. The standard InChI is InChI=1S/C24H28N4O5S/c1-17(29)25-19-10-14-22(15-11-19)34(30,31)28(20-6-4-3-5-7-20)16-23-26-24(27-33-23)18-8-12-21(32-2)13-9-18/h8-15,20H,3-7,16H2,1-2H3,(H,25,29). The fourth-order valence-electron chi connectivity index (χ4n) is 4.14. The van der Waals surface area contributed by atoms with E-state index in [1.807, 2.05) is 12.1 Å². The Morgan fingerprint density at radius 1 is 1.09 bits per heavy atom. The van der Waals surface area contributed by atoms with E-state index < -0.39 is 10.0 Å². The summed E-state index contributed by atoms with van der Waals surface area (Å²) >= 11 is 0. The first-order valence-electron chi connectivity index (χ1n) is 11.2. The highest BCUT2D eigenvalue weighted by atomic mass is 32.2. The highest BCUT2D eigenvalue weighted by Crippen LogP contribution is 2.30. The number of methoxy groups -OCH3 is 1. The molecule has 0 spiro atoms. The maximum atomic E-state index is 13.7. The number of hydrogen-bond donors (Lipinski definition) is 1. The van der Waals surface area contributed by atoms with Gasteiger partial charge in [-0.05, 0) is 61.4 Å². The van der Waals surface area contributed by atoms with E-state index in [9.17, 15) is 13.2 Å². The van der Waals surface area contributed by atoms with E-state index in [1.54, 1.807) is 31.4 Å². The Labute approximate surface area is 199 Å². The number of sulfonamides is 1. The van der Waals surface area contributed by atoms with Crippen molar-refractivity contribution in [3.8, 4) is 17.1 Å². The van der Waals surface area contributed by atoms with Gasteiger partial charge in [0.05, 0.1) is 18.6 Å².